The molecule has 1 unspecified atom stereocenters. The molecule has 1 rings (SSSR count). The van der Waals surface area contributed by atoms with Gasteiger partial charge in [0.2, 0.25) is 5.78 Å². The van der Waals surface area contributed by atoms with Gasteiger partial charge in [-0.15, -0.1) is 0 Å². The number of Topliss-reactive ketones (excluding diaryl/α,β-unsaturated/α-hetero) is 1. The monoisotopic (exact) mass is 252 g/mol. The van der Waals surface area contributed by atoms with Crippen LogP contribution in [0.5, 0.6) is 0 Å². The van der Waals surface area contributed by atoms with Crippen molar-refractivity contribution in [3.8, 4) is 0 Å². The predicted molar refractivity (Wildman–Crippen MR) is 63.5 cm³/mol. The Labute approximate surface area is 105 Å². The molecule has 0 radical (unpaired) electrons. The first-order valence-corrected chi connectivity index (χ1v) is 5.43. The number of amides is 1. The number of ketones is 1. The van der Waals surface area contributed by atoms with E-state index >= 15 is 0 Å². The van der Waals surface area contributed by atoms with Crippen LogP contribution < -0.4 is 5.73 Å². The molecule has 1 atom stereocenters. The lowest BCUT2D eigenvalue weighted by atomic mass is 9.98. The molecule has 0 aliphatic rings. The van der Waals surface area contributed by atoms with Crippen LogP contribution in [0.4, 0.5) is 0 Å². The lowest BCUT2D eigenvalue weighted by Crippen LogP contribution is -2.31. The van der Waals surface area contributed by atoms with Gasteiger partial charge in [0.25, 0.3) is 0 Å². The van der Waals surface area contributed by atoms with Crippen molar-refractivity contribution >= 4 is 11.7 Å². The van der Waals surface area contributed by atoms with E-state index < -0.39 is 17.8 Å². The Morgan fingerprint density at radius 2 is 2.00 bits per heavy atom. The van der Waals surface area contributed by atoms with Crippen LogP contribution in [0.15, 0.2) is 24.3 Å². The predicted octanol–water partition coefficient (Wildman–Crippen LogP) is -0.0145. The Morgan fingerprint density at radius 3 is 2.56 bits per heavy atom. The van der Waals surface area contributed by atoms with Gasteiger partial charge in [0.05, 0.1) is 6.10 Å². The molecule has 0 aliphatic heterocycles. The average molecular weight is 252 g/mol. The summed E-state index contributed by atoms with van der Waals surface area (Å²) in [6.07, 6.45) is -1.50. The summed E-state index contributed by atoms with van der Waals surface area (Å²) in [7, 11) is 1.06. The summed E-state index contributed by atoms with van der Waals surface area (Å²) >= 11 is 0. The Balaban J connectivity index is 2.79. The molecule has 0 bridgehead atoms. The highest BCUT2D eigenvalue weighted by Crippen LogP contribution is 2.21. The zero-order valence-electron chi connectivity index (χ0n) is 10.0. The number of hydrogen-bond acceptors (Lipinski definition) is 5. The SMILES string of the molecule is CN(O)C(=O)C(=O)CC(O)c1ccccc1CN. The van der Waals surface area contributed by atoms with Crippen molar-refractivity contribution in [1.82, 2.24) is 5.06 Å². The topological polar surface area (TPSA) is 104 Å². The van der Waals surface area contributed by atoms with Gasteiger partial charge in [-0.3, -0.25) is 14.8 Å². The van der Waals surface area contributed by atoms with Crippen LogP contribution in [0.25, 0.3) is 0 Å². The number of carbonyl (C=O) groups excluding carboxylic acids is 2. The number of carbonyl (C=O) groups is 2. The van der Waals surface area contributed by atoms with Gasteiger partial charge in [-0.25, -0.2) is 5.06 Å². The number of hydroxylamine groups is 2. The molecule has 6 nitrogen and oxygen atoms in total. The first-order valence-electron chi connectivity index (χ1n) is 5.43. The van der Waals surface area contributed by atoms with E-state index in [1.807, 2.05) is 0 Å². The quantitative estimate of drug-likeness (QED) is 0.388. The van der Waals surface area contributed by atoms with E-state index in [1.54, 1.807) is 24.3 Å². The highest BCUT2D eigenvalue weighted by molar-refractivity contribution is 6.35. The average Bonchev–Trinajstić information content (AvgIpc) is 2.37. The second kappa shape index (κ2) is 6.25. The zero-order chi connectivity index (χ0) is 13.7. The lowest BCUT2D eigenvalue weighted by Gasteiger charge is -2.14. The number of aliphatic hydroxyl groups excluding tert-OH is 1. The van der Waals surface area contributed by atoms with Crippen molar-refractivity contribution in [2.45, 2.75) is 19.1 Å². The molecule has 4 N–H and O–H groups in total. The highest BCUT2D eigenvalue weighted by atomic mass is 16.5. The molecule has 1 aromatic carbocycles. The summed E-state index contributed by atoms with van der Waals surface area (Å²) in [5.41, 5.74) is 6.74. The maximum Gasteiger partial charge on any atom is 0.313 e. The number of hydrogen-bond donors (Lipinski definition) is 3. The summed E-state index contributed by atoms with van der Waals surface area (Å²) < 4.78 is 0. The molecule has 0 aliphatic carbocycles. The van der Waals surface area contributed by atoms with Gasteiger partial charge in [-0.2, -0.15) is 0 Å². The molecule has 0 saturated carbocycles. The summed E-state index contributed by atoms with van der Waals surface area (Å²) in [5.74, 6) is -1.92. The molecule has 0 aromatic heterocycles. The Morgan fingerprint density at radius 1 is 1.39 bits per heavy atom. The summed E-state index contributed by atoms with van der Waals surface area (Å²) in [6, 6.07) is 6.87. The highest BCUT2D eigenvalue weighted by Gasteiger charge is 2.22. The van der Waals surface area contributed by atoms with Crippen molar-refractivity contribution in [3.63, 3.8) is 0 Å². The molecule has 0 fully saturated rings. The van der Waals surface area contributed by atoms with Gasteiger partial charge < -0.3 is 10.8 Å². The third-order valence-corrected chi connectivity index (χ3v) is 2.55. The third-order valence-electron chi connectivity index (χ3n) is 2.55. The largest absolute Gasteiger partial charge is 0.388 e. The number of nitrogens with zero attached hydrogens (tertiary/aromatic N) is 1. The van der Waals surface area contributed by atoms with E-state index in [-0.39, 0.29) is 18.0 Å². The third kappa shape index (κ3) is 3.36. The van der Waals surface area contributed by atoms with Crippen LogP contribution >= 0.6 is 0 Å². The summed E-state index contributed by atoms with van der Waals surface area (Å²) in [5, 5.41) is 18.9. The Bertz CT molecular complexity index is 445. The minimum Gasteiger partial charge on any atom is -0.388 e. The zero-order valence-corrected chi connectivity index (χ0v) is 10.0. The number of rotatable bonds is 5. The summed E-state index contributed by atoms with van der Waals surface area (Å²) in [6.45, 7) is 0.231. The molecule has 0 saturated heterocycles. The number of benzene rings is 1. The fourth-order valence-electron chi connectivity index (χ4n) is 1.60. The van der Waals surface area contributed by atoms with Crippen molar-refractivity contribution < 1.29 is 19.9 Å². The molecule has 0 spiro atoms. The van der Waals surface area contributed by atoms with Crippen LogP contribution in [0.3, 0.4) is 0 Å². The molecular weight excluding hydrogens is 236 g/mol. The fraction of sp³-hybridized carbons (Fsp3) is 0.333. The van der Waals surface area contributed by atoms with E-state index in [2.05, 4.69) is 0 Å². The number of nitrogens with two attached hydrogens (primary N) is 1. The van der Waals surface area contributed by atoms with Crippen LogP contribution in [-0.4, -0.2) is 34.1 Å². The van der Waals surface area contributed by atoms with E-state index in [0.29, 0.717) is 11.1 Å². The van der Waals surface area contributed by atoms with Crippen molar-refractivity contribution in [1.29, 1.82) is 0 Å². The molecule has 98 valence electrons. The summed E-state index contributed by atoms with van der Waals surface area (Å²) in [4.78, 5) is 22.6. The van der Waals surface area contributed by atoms with E-state index in [0.717, 1.165) is 7.05 Å². The van der Waals surface area contributed by atoms with Gasteiger partial charge in [-0.1, -0.05) is 24.3 Å². The van der Waals surface area contributed by atoms with Gasteiger partial charge in [-0.05, 0) is 11.1 Å². The molecule has 1 amide bonds. The van der Waals surface area contributed by atoms with E-state index in [1.165, 1.54) is 0 Å². The fourth-order valence-corrected chi connectivity index (χ4v) is 1.60. The molecule has 0 heterocycles. The van der Waals surface area contributed by atoms with Gasteiger partial charge in [0.15, 0.2) is 0 Å². The Hall–Kier alpha value is -1.76. The molecule has 6 heteroatoms. The van der Waals surface area contributed by atoms with Gasteiger partial charge in [0.1, 0.15) is 0 Å². The first-order chi connectivity index (χ1) is 8.47. The van der Waals surface area contributed by atoms with Gasteiger partial charge in [0, 0.05) is 20.0 Å². The van der Waals surface area contributed by atoms with Crippen LogP contribution in [0.1, 0.15) is 23.7 Å². The van der Waals surface area contributed by atoms with Crippen molar-refractivity contribution in [2.24, 2.45) is 5.73 Å². The van der Waals surface area contributed by atoms with Gasteiger partial charge >= 0.3 is 5.91 Å². The molecule has 1 aromatic rings. The smallest absolute Gasteiger partial charge is 0.313 e. The number of likely N-dealkylation sites (N-methyl/N-ethyl adjacent to an activating group) is 1. The molecular formula is C12H16N2O4. The van der Waals surface area contributed by atoms with E-state index in [4.69, 9.17) is 10.9 Å². The minimum absolute atomic E-state index is 0.198. The van der Waals surface area contributed by atoms with Crippen LogP contribution in [0, 0.1) is 0 Å². The first kappa shape index (κ1) is 14.3. The van der Waals surface area contributed by atoms with Crippen LogP contribution in [0.2, 0.25) is 0 Å². The van der Waals surface area contributed by atoms with Crippen molar-refractivity contribution in [2.75, 3.05) is 7.05 Å². The normalized spacial score (nSPS) is 12.0. The minimum atomic E-state index is -1.11. The van der Waals surface area contributed by atoms with E-state index in [9.17, 15) is 14.7 Å². The second-order valence-corrected chi connectivity index (χ2v) is 3.87. The molecule has 18 heavy (non-hydrogen) atoms. The van der Waals surface area contributed by atoms with Crippen LogP contribution in [-0.2, 0) is 16.1 Å². The maximum absolute atomic E-state index is 11.4. The standard InChI is InChI=1S/C12H16N2O4/c1-14(18)12(17)11(16)6-10(15)9-5-3-2-4-8(9)7-13/h2-5,10,15,18H,6-7,13H2,1H3. The lowest BCUT2D eigenvalue weighted by molar-refractivity contribution is -0.166. The van der Waals surface area contributed by atoms with Crippen molar-refractivity contribution in [3.05, 3.63) is 35.4 Å². The maximum atomic E-state index is 11.4. The Kier molecular flexibility index (Phi) is 4.96. The number of aliphatic hydroxyl groups is 1. The second-order valence-electron chi connectivity index (χ2n) is 3.87.